The number of sulfone groups is 1. The molecule has 14 heavy (non-hydrogen) atoms. The minimum atomic E-state index is -3.19. The van der Waals surface area contributed by atoms with Gasteiger partial charge in [0.25, 0.3) is 0 Å². The first-order valence-corrected chi connectivity index (χ1v) is 5.94. The molecule has 0 aliphatic heterocycles. The van der Waals surface area contributed by atoms with E-state index in [1.807, 2.05) is 6.07 Å². The summed E-state index contributed by atoms with van der Waals surface area (Å²) < 4.78 is 23.0. The summed E-state index contributed by atoms with van der Waals surface area (Å²) in [5.74, 6) is 0.0793. The van der Waals surface area contributed by atoms with E-state index in [0.717, 1.165) is 10.9 Å². The van der Waals surface area contributed by atoms with E-state index >= 15 is 0 Å². The molecule has 0 saturated heterocycles. The Balaban J connectivity index is 2.65. The van der Waals surface area contributed by atoms with Crippen LogP contribution in [-0.4, -0.2) is 24.1 Å². The molecule has 74 valence electrons. The molecule has 2 rings (SSSR count). The van der Waals surface area contributed by atoms with E-state index in [4.69, 9.17) is 0 Å². The molecule has 0 aliphatic carbocycles. The zero-order valence-electron chi connectivity index (χ0n) is 7.69. The minimum Gasteiger partial charge on any atom is -0.360 e. The molecular formula is C9H10N2O2S. The standard InChI is InChI=1S/C9H10N2O2S/c1-2-14(12,13)9-5-7-3-4-10-8(7)6-11-9/h3-6,10H,2H2,1H3. The van der Waals surface area contributed by atoms with Gasteiger partial charge < -0.3 is 4.98 Å². The fourth-order valence-electron chi connectivity index (χ4n) is 1.25. The molecule has 5 heteroatoms. The van der Waals surface area contributed by atoms with Crippen molar-refractivity contribution in [2.45, 2.75) is 11.9 Å². The van der Waals surface area contributed by atoms with Crippen molar-refractivity contribution in [1.82, 2.24) is 9.97 Å². The van der Waals surface area contributed by atoms with Gasteiger partial charge in [-0.05, 0) is 12.1 Å². The fourth-order valence-corrected chi connectivity index (χ4v) is 2.06. The van der Waals surface area contributed by atoms with Crippen molar-refractivity contribution in [3.05, 3.63) is 24.5 Å². The minimum absolute atomic E-state index is 0.0793. The molecule has 0 bridgehead atoms. The largest absolute Gasteiger partial charge is 0.360 e. The van der Waals surface area contributed by atoms with E-state index in [9.17, 15) is 8.42 Å². The summed E-state index contributed by atoms with van der Waals surface area (Å²) in [4.78, 5) is 6.86. The first-order chi connectivity index (χ1) is 6.63. The van der Waals surface area contributed by atoms with Gasteiger partial charge in [-0.2, -0.15) is 0 Å². The molecule has 0 saturated carbocycles. The Morgan fingerprint density at radius 3 is 3.00 bits per heavy atom. The van der Waals surface area contributed by atoms with Crippen LogP contribution < -0.4 is 0 Å². The zero-order chi connectivity index (χ0) is 10.2. The van der Waals surface area contributed by atoms with Crippen LogP contribution in [0.15, 0.2) is 29.6 Å². The van der Waals surface area contributed by atoms with Crippen molar-refractivity contribution in [3.63, 3.8) is 0 Å². The summed E-state index contributed by atoms with van der Waals surface area (Å²) in [5, 5.41) is 1.01. The van der Waals surface area contributed by atoms with Crippen molar-refractivity contribution in [2.24, 2.45) is 0 Å². The number of nitrogens with zero attached hydrogens (tertiary/aromatic N) is 1. The third-order valence-corrected chi connectivity index (χ3v) is 3.73. The lowest BCUT2D eigenvalue weighted by atomic mass is 10.3. The maximum absolute atomic E-state index is 11.5. The highest BCUT2D eigenvalue weighted by molar-refractivity contribution is 7.91. The van der Waals surface area contributed by atoms with E-state index < -0.39 is 9.84 Å². The van der Waals surface area contributed by atoms with Crippen LogP contribution in [0.4, 0.5) is 0 Å². The van der Waals surface area contributed by atoms with Gasteiger partial charge in [-0.15, -0.1) is 0 Å². The number of aromatic amines is 1. The Labute approximate surface area is 81.9 Å². The van der Waals surface area contributed by atoms with E-state index in [-0.39, 0.29) is 10.8 Å². The van der Waals surface area contributed by atoms with Crippen LogP contribution in [0.5, 0.6) is 0 Å². The van der Waals surface area contributed by atoms with Gasteiger partial charge in [-0.1, -0.05) is 6.92 Å². The van der Waals surface area contributed by atoms with Crippen molar-refractivity contribution >= 4 is 20.7 Å². The molecule has 2 aromatic heterocycles. The second-order valence-electron chi connectivity index (χ2n) is 2.99. The van der Waals surface area contributed by atoms with E-state index in [0.29, 0.717) is 0 Å². The van der Waals surface area contributed by atoms with Crippen LogP contribution in [-0.2, 0) is 9.84 Å². The van der Waals surface area contributed by atoms with Crippen molar-refractivity contribution < 1.29 is 8.42 Å². The van der Waals surface area contributed by atoms with Gasteiger partial charge in [-0.25, -0.2) is 13.4 Å². The topological polar surface area (TPSA) is 62.8 Å². The van der Waals surface area contributed by atoms with Gasteiger partial charge in [0.1, 0.15) is 0 Å². The van der Waals surface area contributed by atoms with Crippen molar-refractivity contribution in [2.75, 3.05) is 5.75 Å². The maximum atomic E-state index is 11.5. The Bertz CT molecular complexity index is 557. The average molecular weight is 210 g/mol. The quantitative estimate of drug-likeness (QED) is 0.814. The number of fused-ring (bicyclic) bond motifs is 1. The van der Waals surface area contributed by atoms with Gasteiger partial charge in [-0.3, -0.25) is 0 Å². The van der Waals surface area contributed by atoms with Crippen molar-refractivity contribution in [3.8, 4) is 0 Å². The van der Waals surface area contributed by atoms with Crippen LogP contribution in [0.3, 0.4) is 0 Å². The number of hydrogen-bond donors (Lipinski definition) is 1. The molecule has 0 atom stereocenters. The molecular weight excluding hydrogens is 200 g/mol. The zero-order valence-corrected chi connectivity index (χ0v) is 8.50. The molecule has 0 fully saturated rings. The number of nitrogens with one attached hydrogen (secondary N) is 1. The summed E-state index contributed by atoms with van der Waals surface area (Å²) in [6.07, 6.45) is 3.30. The van der Waals surface area contributed by atoms with Crippen LogP contribution >= 0.6 is 0 Å². The summed E-state index contributed by atoms with van der Waals surface area (Å²) >= 11 is 0. The molecule has 1 N–H and O–H groups in total. The number of rotatable bonds is 2. The van der Waals surface area contributed by atoms with E-state index in [2.05, 4.69) is 9.97 Å². The molecule has 0 spiro atoms. The normalized spacial score (nSPS) is 12.1. The third kappa shape index (κ3) is 1.39. The number of H-pyrrole nitrogens is 1. The summed E-state index contributed by atoms with van der Waals surface area (Å²) in [5.41, 5.74) is 0.847. The molecule has 0 aliphatic rings. The second kappa shape index (κ2) is 3.09. The first kappa shape index (κ1) is 9.21. The van der Waals surface area contributed by atoms with Crippen LogP contribution in [0.2, 0.25) is 0 Å². The smallest absolute Gasteiger partial charge is 0.195 e. The molecule has 0 aromatic carbocycles. The molecule has 0 unspecified atom stereocenters. The molecule has 0 radical (unpaired) electrons. The fraction of sp³-hybridized carbons (Fsp3) is 0.222. The van der Waals surface area contributed by atoms with Gasteiger partial charge in [0.15, 0.2) is 14.9 Å². The molecule has 2 aromatic rings. The number of hydrogen-bond acceptors (Lipinski definition) is 3. The van der Waals surface area contributed by atoms with Gasteiger partial charge in [0.2, 0.25) is 0 Å². The Hall–Kier alpha value is -1.36. The lowest BCUT2D eigenvalue weighted by molar-refractivity contribution is 0.594. The van der Waals surface area contributed by atoms with Gasteiger partial charge >= 0.3 is 0 Å². The summed E-state index contributed by atoms with van der Waals surface area (Å²) in [6, 6.07) is 3.41. The highest BCUT2D eigenvalue weighted by Gasteiger charge is 2.13. The Kier molecular flexibility index (Phi) is 2.03. The lowest BCUT2D eigenvalue weighted by Crippen LogP contribution is -2.05. The summed E-state index contributed by atoms with van der Waals surface area (Å²) in [7, 11) is -3.19. The molecule has 0 amide bonds. The first-order valence-electron chi connectivity index (χ1n) is 4.29. The lowest BCUT2D eigenvalue weighted by Gasteiger charge is -1.99. The van der Waals surface area contributed by atoms with Gasteiger partial charge in [0, 0.05) is 11.6 Å². The SMILES string of the molecule is CCS(=O)(=O)c1cc2cc[nH]c2cn1. The monoisotopic (exact) mass is 210 g/mol. The van der Waals surface area contributed by atoms with Crippen molar-refractivity contribution in [1.29, 1.82) is 0 Å². The Morgan fingerprint density at radius 1 is 1.50 bits per heavy atom. The van der Waals surface area contributed by atoms with E-state index in [1.165, 1.54) is 6.20 Å². The van der Waals surface area contributed by atoms with Crippen LogP contribution in [0.1, 0.15) is 6.92 Å². The van der Waals surface area contributed by atoms with Crippen LogP contribution in [0, 0.1) is 0 Å². The second-order valence-corrected chi connectivity index (χ2v) is 5.22. The predicted molar refractivity (Wildman–Crippen MR) is 53.8 cm³/mol. The number of aromatic nitrogens is 2. The van der Waals surface area contributed by atoms with Gasteiger partial charge in [0.05, 0.1) is 17.5 Å². The molecule has 4 nitrogen and oxygen atoms in total. The molecule has 2 heterocycles. The highest BCUT2D eigenvalue weighted by Crippen LogP contribution is 2.15. The van der Waals surface area contributed by atoms with Crippen LogP contribution in [0.25, 0.3) is 10.9 Å². The average Bonchev–Trinajstić information content (AvgIpc) is 2.64. The highest BCUT2D eigenvalue weighted by atomic mass is 32.2. The predicted octanol–water partition coefficient (Wildman–Crippen LogP) is 1.36. The van der Waals surface area contributed by atoms with E-state index in [1.54, 1.807) is 19.2 Å². The Morgan fingerprint density at radius 2 is 2.29 bits per heavy atom. The third-order valence-electron chi connectivity index (χ3n) is 2.11. The summed E-state index contributed by atoms with van der Waals surface area (Å²) in [6.45, 7) is 1.61. The number of pyridine rings is 1. The maximum Gasteiger partial charge on any atom is 0.195 e.